The molecule has 2 aromatic heterocycles. The van der Waals surface area contributed by atoms with Crippen LogP contribution in [0.1, 0.15) is 70.5 Å². The molecule has 0 N–H and O–H groups in total. The maximum absolute atomic E-state index is 6.54. The number of thiophene rings is 2. The van der Waals surface area contributed by atoms with E-state index in [1.165, 1.54) is 65.0 Å². The Labute approximate surface area is 429 Å². The van der Waals surface area contributed by atoms with Crippen molar-refractivity contribution in [2.24, 2.45) is 20.5 Å². The Bertz CT molecular complexity index is 3500. The third-order valence-electron chi connectivity index (χ3n) is 14.1. The van der Waals surface area contributed by atoms with Crippen molar-refractivity contribution in [3.05, 3.63) is 202 Å². The van der Waals surface area contributed by atoms with Gasteiger partial charge in [0, 0.05) is 57.4 Å². The van der Waals surface area contributed by atoms with E-state index in [0.717, 1.165) is 66.5 Å². The number of fused-ring (bicyclic) bond motifs is 4. The molecule has 0 aliphatic heterocycles. The van der Waals surface area contributed by atoms with Gasteiger partial charge in [0.1, 0.15) is 11.4 Å². The average Bonchev–Trinajstić information content (AvgIpc) is 3.99. The summed E-state index contributed by atoms with van der Waals surface area (Å²) < 4.78 is 15.4. The van der Waals surface area contributed by atoms with Gasteiger partial charge in [-0.25, -0.2) is 0 Å². The number of ether oxygens (including phenoxy) is 2. The first-order chi connectivity index (χ1) is 35.4. The van der Waals surface area contributed by atoms with Crippen molar-refractivity contribution in [1.82, 2.24) is 0 Å². The van der Waals surface area contributed by atoms with Gasteiger partial charge in [0.05, 0.1) is 33.0 Å². The SMILES string of the molecule is CC/C=C/c1cc(C2C(OC)C(c3ccc(-c4c5ccccc5c(N=Nc5ccccc5)c5sc(C)cc45)c(/C=C/CC)c3)C2OC)ccc1-c1c2ccccc2c(N=Nc2ccccc2)c2sc(C)cc12. The van der Waals surface area contributed by atoms with Crippen LogP contribution in [-0.2, 0) is 9.47 Å². The molecule has 356 valence electrons. The van der Waals surface area contributed by atoms with E-state index in [-0.39, 0.29) is 24.0 Å². The predicted octanol–water partition coefficient (Wildman–Crippen LogP) is 20.0. The highest BCUT2D eigenvalue weighted by molar-refractivity contribution is 7.20. The highest BCUT2D eigenvalue weighted by atomic mass is 32.1. The Morgan fingerprint density at radius 1 is 0.444 bits per heavy atom. The minimum atomic E-state index is -0.111. The molecule has 0 spiro atoms. The molecule has 2 heterocycles. The molecule has 1 aliphatic carbocycles. The average molecular weight is 977 g/mol. The van der Waals surface area contributed by atoms with E-state index < -0.39 is 0 Å². The van der Waals surface area contributed by atoms with Gasteiger partial charge in [-0.2, -0.15) is 10.2 Å². The summed E-state index contributed by atoms with van der Waals surface area (Å²) in [6.45, 7) is 8.75. The second kappa shape index (κ2) is 20.5. The second-order valence-corrected chi connectivity index (χ2v) is 21.1. The van der Waals surface area contributed by atoms with Gasteiger partial charge in [-0.3, -0.25) is 0 Å². The molecule has 8 heteroatoms. The number of azo groups is 2. The number of aryl methyl sites for hydroxylation is 2. The standard InChI is InChI=1S/C64H56N4O2S2/c1-7-9-21-41-37-43(31-33-47(41)57-49-27-17-19-29-51(49)59(63-53(57)35-39(3)71-63)67-65-45-23-13-11-14-24-45)55-61(69-5)56(62(55)70-6)44-32-34-48(42(38-44)22-10-8-2)58-50-28-18-20-30-52(50)60(64-54(58)36-40(4)72-64)68-66-46-25-15-12-16-26-46/h9-38,55-56,61-62H,7-8H2,1-6H3/b21-9+,22-10+,67-65?,68-66?. The molecule has 6 nitrogen and oxygen atoms in total. The normalized spacial score (nSPS) is 17.3. The molecular formula is C64H56N4O2S2. The Kier molecular flexibility index (Phi) is 13.4. The Morgan fingerprint density at radius 2 is 0.833 bits per heavy atom. The molecule has 1 aliphatic rings. The summed E-state index contributed by atoms with van der Waals surface area (Å²) in [6.07, 6.45) is 10.7. The van der Waals surface area contributed by atoms with Crippen molar-refractivity contribution in [3.8, 4) is 22.3 Å². The summed E-state index contributed by atoms with van der Waals surface area (Å²) in [5, 5.41) is 26.2. The molecule has 0 unspecified atom stereocenters. The molecule has 11 rings (SSSR count). The molecular weight excluding hydrogens is 921 g/mol. The zero-order chi connectivity index (χ0) is 49.3. The van der Waals surface area contributed by atoms with E-state index in [2.05, 4.69) is 149 Å². The maximum Gasteiger partial charge on any atom is 0.111 e. The quantitative estimate of drug-likeness (QED) is 0.102. The summed E-state index contributed by atoms with van der Waals surface area (Å²) in [7, 11) is 3.71. The van der Waals surface area contributed by atoms with Crippen LogP contribution in [0.25, 0.3) is 76.1 Å². The Hall–Kier alpha value is -7.20. The van der Waals surface area contributed by atoms with Gasteiger partial charge in [0.25, 0.3) is 0 Å². The van der Waals surface area contributed by atoms with Gasteiger partial charge >= 0.3 is 0 Å². The summed E-state index contributed by atoms with van der Waals surface area (Å²) >= 11 is 3.56. The fourth-order valence-electron chi connectivity index (χ4n) is 10.9. The summed E-state index contributed by atoms with van der Waals surface area (Å²) in [5.74, 6) is 0.0241. The number of hydrogen-bond donors (Lipinski definition) is 0. The van der Waals surface area contributed by atoms with Gasteiger partial charge in [-0.15, -0.1) is 32.9 Å². The van der Waals surface area contributed by atoms with Crippen molar-refractivity contribution in [2.75, 3.05) is 14.2 Å². The fourth-order valence-corrected chi connectivity index (χ4v) is 12.9. The zero-order valence-corrected chi connectivity index (χ0v) is 43.1. The van der Waals surface area contributed by atoms with Crippen LogP contribution in [0.2, 0.25) is 0 Å². The van der Waals surface area contributed by atoms with Crippen molar-refractivity contribution in [2.45, 2.75) is 64.6 Å². The smallest absolute Gasteiger partial charge is 0.111 e. The van der Waals surface area contributed by atoms with Gasteiger partial charge < -0.3 is 9.47 Å². The van der Waals surface area contributed by atoms with E-state index in [9.17, 15) is 0 Å². The third-order valence-corrected chi connectivity index (χ3v) is 16.2. The van der Waals surface area contributed by atoms with Crippen molar-refractivity contribution in [3.63, 3.8) is 0 Å². The number of allylic oxidation sites excluding steroid dienone is 2. The molecule has 0 bridgehead atoms. The molecule has 72 heavy (non-hydrogen) atoms. The van der Waals surface area contributed by atoms with Gasteiger partial charge in [0.2, 0.25) is 0 Å². The summed E-state index contributed by atoms with van der Waals surface area (Å²) in [4.78, 5) is 2.46. The minimum Gasteiger partial charge on any atom is -0.380 e. The Morgan fingerprint density at radius 3 is 1.22 bits per heavy atom. The summed E-state index contributed by atoms with van der Waals surface area (Å²) in [6, 6.07) is 55.9. The Balaban J connectivity index is 0.992. The van der Waals surface area contributed by atoms with Crippen LogP contribution in [0.15, 0.2) is 190 Å². The lowest BCUT2D eigenvalue weighted by molar-refractivity contribution is -0.115. The topological polar surface area (TPSA) is 67.9 Å². The fraction of sp³-hybridized carbons (Fsp3) is 0.188. The number of methoxy groups -OCH3 is 2. The van der Waals surface area contributed by atoms with E-state index in [4.69, 9.17) is 29.9 Å². The number of nitrogens with zero attached hydrogens (tertiary/aromatic N) is 4. The van der Waals surface area contributed by atoms with Crippen LogP contribution >= 0.6 is 22.7 Å². The molecule has 0 amide bonds. The lowest BCUT2D eigenvalue weighted by Gasteiger charge is -2.51. The maximum atomic E-state index is 6.54. The van der Waals surface area contributed by atoms with Crippen LogP contribution in [-0.4, -0.2) is 26.4 Å². The van der Waals surface area contributed by atoms with Gasteiger partial charge in [-0.05, 0) is 118 Å². The zero-order valence-electron chi connectivity index (χ0n) is 41.5. The molecule has 0 saturated heterocycles. The monoisotopic (exact) mass is 976 g/mol. The minimum absolute atomic E-state index is 0.0120. The van der Waals surface area contributed by atoms with Gasteiger partial charge in [0.15, 0.2) is 0 Å². The van der Waals surface area contributed by atoms with Crippen LogP contribution in [0.3, 0.4) is 0 Å². The van der Waals surface area contributed by atoms with Crippen molar-refractivity contribution >= 4 is 99.3 Å². The predicted molar refractivity (Wildman–Crippen MR) is 306 cm³/mol. The number of benzene rings is 8. The molecule has 1 fully saturated rings. The number of rotatable bonds is 14. The molecule has 1 saturated carbocycles. The molecule has 0 atom stereocenters. The van der Waals surface area contributed by atoms with Crippen LogP contribution in [0.5, 0.6) is 0 Å². The van der Waals surface area contributed by atoms with E-state index >= 15 is 0 Å². The third kappa shape index (κ3) is 8.62. The van der Waals surface area contributed by atoms with E-state index in [1.54, 1.807) is 22.7 Å². The van der Waals surface area contributed by atoms with E-state index in [1.807, 2.05) is 74.9 Å². The lowest BCUT2D eigenvalue weighted by Crippen LogP contribution is -2.53. The van der Waals surface area contributed by atoms with Crippen LogP contribution < -0.4 is 0 Å². The highest BCUT2D eigenvalue weighted by Crippen LogP contribution is 2.55. The largest absolute Gasteiger partial charge is 0.380 e. The van der Waals surface area contributed by atoms with E-state index in [0.29, 0.717) is 0 Å². The van der Waals surface area contributed by atoms with Crippen molar-refractivity contribution < 1.29 is 9.47 Å². The molecule has 8 aromatic carbocycles. The lowest BCUT2D eigenvalue weighted by atomic mass is 9.62. The van der Waals surface area contributed by atoms with Crippen LogP contribution in [0.4, 0.5) is 22.7 Å². The van der Waals surface area contributed by atoms with Gasteiger partial charge in [-0.1, -0.05) is 159 Å². The highest BCUT2D eigenvalue weighted by Gasteiger charge is 2.53. The molecule has 10 aromatic rings. The molecule has 0 radical (unpaired) electrons. The number of hydrogen-bond acceptors (Lipinski definition) is 8. The van der Waals surface area contributed by atoms with Crippen molar-refractivity contribution in [1.29, 1.82) is 0 Å². The first-order valence-corrected chi connectivity index (χ1v) is 26.5. The summed E-state index contributed by atoms with van der Waals surface area (Å²) in [5.41, 5.74) is 13.0. The first kappa shape index (κ1) is 47.1. The second-order valence-electron chi connectivity index (χ2n) is 18.6. The first-order valence-electron chi connectivity index (χ1n) is 24.9. The van der Waals surface area contributed by atoms with Crippen LogP contribution in [0, 0.1) is 13.8 Å².